The molecule has 2 heterocycles. The number of carbonyl (C=O) groups is 2. The summed E-state index contributed by atoms with van der Waals surface area (Å²) in [5.74, 6) is -1.09. The highest BCUT2D eigenvalue weighted by atomic mass is 32.1. The molecule has 2 amide bonds. The number of nitrogens with one attached hydrogen (secondary N) is 1. The number of amides is 2. The molecule has 2 atom stereocenters. The maximum absolute atomic E-state index is 11.8. The minimum absolute atomic E-state index is 0.0619. The lowest BCUT2D eigenvalue weighted by molar-refractivity contribution is -0.141. The zero-order valence-electron chi connectivity index (χ0n) is 9.57. The molecular weight excluding hydrogens is 256 g/mol. The molecule has 0 spiro atoms. The summed E-state index contributed by atoms with van der Waals surface area (Å²) >= 11 is 1.53. The van der Waals surface area contributed by atoms with Crippen LogP contribution in [0.4, 0.5) is 4.79 Å². The van der Waals surface area contributed by atoms with E-state index in [2.05, 4.69) is 5.32 Å². The van der Waals surface area contributed by atoms with E-state index in [1.165, 1.54) is 16.2 Å². The topological polar surface area (TPSA) is 89.9 Å². The number of carbonyl (C=O) groups excluding carboxylic acids is 1. The normalized spacial score (nSPS) is 23.1. The van der Waals surface area contributed by atoms with Gasteiger partial charge in [0.2, 0.25) is 0 Å². The summed E-state index contributed by atoms with van der Waals surface area (Å²) in [6, 6.07) is 0.492. The molecule has 3 N–H and O–H groups in total. The first kappa shape index (κ1) is 12.8. The minimum atomic E-state index is -1.09. The Hall–Kier alpha value is -1.60. The van der Waals surface area contributed by atoms with Gasteiger partial charge in [-0.3, -0.25) is 0 Å². The van der Waals surface area contributed by atoms with Gasteiger partial charge < -0.3 is 20.4 Å². The van der Waals surface area contributed by atoms with E-state index >= 15 is 0 Å². The second-order valence-electron chi connectivity index (χ2n) is 4.19. The molecule has 1 aliphatic rings. The molecule has 0 saturated carbocycles. The van der Waals surface area contributed by atoms with E-state index in [1.807, 2.05) is 16.8 Å². The predicted octanol–water partition coefficient (Wildman–Crippen LogP) is 0.478. The first-order chi connectivity index (χ1) is 8.58. The average molecular weight is 270 g/mol. The molecule has 1 aromatic rings. The van der Waals surface area contributed by atoms with Crippen LogP contribution in [0, 0.1) is 0 Å². The molecule has 0 radical (unpaired) electrons. The Labute approximate surface area is 108 Å². The molecule has 2 rings (SSSR count). The van der Waals surface area contributed by atoms with Gasteiger partial charge in [0.15, 0.2) is 0 Å². The maximum atomic E-state index is 11.8. The van der Waals surface area contributed by atoms with Crippen molar-refractivity contribution in [1.29, 1.82) is 0 Å². The molecular formula is C11H14N2O4S. The molecule has 0 aromatic carbocycles. The molecule has 1 fully saturated rings. The summed E-state index contributed by atoms with van der Waals surface area (Å²) < 4.78 is 0. The van der Waals surface area contributed by atoms with Crippen LogP contribution in [-0.4, -0.2) is 45.8 Å². The van der Waals surface area contributed by atoms with Crippen molar-refractivity contribution in [3.63, 3.8) is 0 Å². The molecule has 0 unspecified atom stereocenters. The first-order valence-electron chi connectivity index (χ1n) is 5.54. The standard InChI is InChI=1S/C11H14N2O4S/c14-8-3-9(10(15)16)13(5-8)11(17)12-4-7-1-2-18-6-7/h1-2,6,8-9,14H,3-5H2,(H,12,17)(H,15,16)/t8-,9-/m1/s1. The van der Waals surface area contributed by atoms with Gasteiger partial charge in [-0.2, -0.15) is 11.3 Å². The van der Waals surface area contributed by atoms with Gasteiger partial charge in [-0.1, -0.05) is 0 Å². The Balaban J connectivity index is 1.93. The van der Waals surface area contributed by atoms with Crippen LogP contribution in [0.2, 0.25) is 0 Å². The fourth-order valence-electron chi connectivity index (χ4n) is 1.94. The lowest BCUT2D eigenvalue weighted by Crippen LogP contribution is -2.45. The SMILES string of the molecule is O=C(O)[C@H]1C[C@@H](O)CN1C(=O)NCc1ccsc1. The Morgan fingerprint density at radius 3 is 2.94 bits per heavy atom. The van der Waals surface area contributed by atoms with Crippen molar-refractivity contribution in [3.05, 3.63) is 22.4 Å². The zero-order valence-corrected chi connectivity index (χ0v) is 10.4. The molecule has 18 heavy (non-hydrogen) atoms. The number of rotatable bonds is 3. The summed E-state index contributed by atoms with van der Waals surface area (Å²) in [5, 5.41) is 24.9. The van der Waals surface area contributed by atoms with Gasteiger partial charge in [0.25, 0.3) is 0 Å². The van der Waals surface area contributed by atoms with Crippen LogP contribution in [0.5, 0.6) is 0 Å². The van der Waals surface area contributed by atoms with E-state index < -0.39 is 24.1 Å². The van der Waals surface area contributed by atoms with Gasteiger partial charge in [0.05, 0.1) is 6.10 Å². The van der Waals surface area contributed by atoms with Crippen molar-refractivity contribution in [2.75, 3.05) is 6.54 Å². The van der Waals surface area contributed by atoms with E-state index in [0.29, 0.717) is 6.54 Å². The number of carboxylic acids is 1. The first-order valence-corrected chi connectivity index (χ1v) is 6.48. The van der Waals surface area contributed by atoms with Gasteiger partial charge >= 0.3 is 12.0 Å². The van der Waals surface area contributed by atoms with E-state index in [-0.39, 0.29) is 13.0 Å². The molecule has 7 heteroatoms. The molecule has 6 nitrogen and oxygen atoms in total. The van der Waals surface area contributed by atoms with Crippen molar-refractivity contribution in [2.45, 2.75) is 25.1 Å². The number of β-amino-alcohol motifs (C(OH)–C–C–N with tert-alkyl or cyclic N) is 1. The number of nitrogens with zero attached hydrogens (tertiary/aromatic N) is 1. The molecule has 98 valence electrons. The maximum Gasteiger partial charge on any atom is 0.326 e. The predicted molar refractivity (Wildman–Crippen MR) is 65.3 cm³/mol. The second kappa shape index (κ2) is 5.36. The second-order valence-corrected chi connectivity index (χ2v) is 4.97. The summed E-state index contributed by atoms with van der Waals surface area (Å²) in [6.07, 6.45) is -0.681. The van der Waals surface area contributed by atoms with Gasteiger partial charge in [-0.25, -0.2) is 9.59 Å². The third kappa shape index (κ3) is 2.80. The third-order valence-corrected chi connectivity index (χ3v) is 3.58. The average Bonchev–Trinajstić information content (AvgIpc) is 2.94. The van der Waals surface area contributed by atoms with Crippen molar-refractivity contribution in [3.8, 4) is 0 Å². The van der Waals surface area contributed by atoms with Crippen molar-refractivity contribution in [2.24, 2.45) is 0 Å². The highest BCUT2D eigenvalue weighted by Crippen LogP contribution is 2.18. The number of thiophene rings is 1. The largest absolute Gasteiger partial charge is 0.480 e. The van der Waals surface area contributed by atoms with E-state index in [1.54, 1.807) is 0 Å². The van der Waals surface area contributed by atoms with E-state index in [0.717, 1.165) is 5.56 Å². The summed E-state index contributed by atoms with van der Waals surface area (Å²) in [5.41, 5.74) is 0.972. The van der Waals surface area contributed by atoms with Gasteiger partial charge in [0.1, 0.15) is 6.04 Å². The number of aliphatic carboxylic acids is 1. The number of carboxylic acid groups (broad SMARTS) is 1. The Morgan fingerprint density at radius 2 is 2.33 bits per heavy atom. The van der Waals surface area contributed by atoms with Crippen LogP contribution in [-0.2, 0) is 11.3 Å². The van der Waals surface area contributed by atoms with Crippen LogP contribution >= 0.6 is 11.3 Å². The minimum Gasteiger partial charge on any atom is -0.480 e. The van der Waals surface area contributed by atoms with E-state index in [9.17, 15) is 14.7 Å². The summed E-state index contributed by atoms with van der Waals surface area (Å²) in [7, 11) is 0. The molecule has 0 aliphatic carbocycles. The van der Waals surface area contributed by atoms with Crippen LogP contribution in [0.15, 0.2) is 16.8 Å². The van der Waals surface area contributed by atoms with Gasteiger partial charge in [-0.15, -0.1) is 0 Å². The summed E-state index contributed by atoms with van der Waals surface area (Å²) in [6.45, 7) is 0.424. The van der Waals surface area contributed by atoms with Crippen molar-refractivity contribution >= 4 is 23.3 Å². The quantitative estimate of drug-likeness (QED) is 0.745. The van der Waals surface area contributed by atoms with Crippen LogP contribution < -0.4 is 5.32 Å². The number of aliphatic hydroxyl groups excluding tert-OH is 1. The van der Waals surface area contributed by atoms with Gasteiger partial charge in [0, 0.05) is 19.5 Å². The van der Waals surface area contributed by atoms with Crippen LogP contribution in [0.1, 0.15) is 12.0 Å². The molecule has 1 saturated heterocycles. The monoisotopic (exact) mass is 270 g/mol. The van der Waals surface area contributed by atoms with Gasteiger partial charge in [-0.05, 0) is 22.4 Å². The molecule has 1 aliphatic heterocycles. The van der Waals surface area contributed by atoms with Crippen LogP contribution in [0.3, 0.4) is 0 Å². The third-order valence-electron chi connectivity index (χ3n) is 2.85. The number of urea groups is 1. The smallest absolute Gasteiger partial charge is 0.326 e. The number of likely N-dealkylation sites (tertiary alicyclic amines) is 1. The van der Waals surface area contributed by atoms with Crippen LogP contribution in [0.25, 0.3) is 0 Å². The molecule has 1 aromatic heterocycles. The van der Waals surface area contributed by atoms with Crippen molar-refractivity contribution < 1.29 is 19.8 Å². The molecule has 0 bridgehead atoms. The number of hydrogen-bond donors (Lipinski definition) is 3. The van der Waals surface area contributed by atoms with Crippen molar-refractivity contribution in [1.82, 2.24) is 10.2 Å². The Morgan fingerprint density at radius 1 is 1.56 bits per heavy atom. The fraction of sp³-hybridized carbons (Fsp3) is 0.455. The highest BCUT2D eigenvalue weighted by molar-refractivity contribution is 7.07. The number of aliphatic hydroxyl groups is 1. The highest BCUT2D eigenvalue weighted by Gasteiger charge is 2.38. The lowest BCUT2D eigenvalue weighted by atomic mass is 10.2. The summed E-state index contributed by atoms with van der Waals surface area (Å²) in [4.78, 5) is 24.0. The lowest BCUT2D eigenvalue weighted by Gasteiger charge is -2.21. The fourth-order valence-corrected chi connectivity index (χ4v) is 2.61. The number of hydrogen-bond acceptors (Lipinski definition) is 4. The van der Waals surface area contributed by atoms with E-state index in [4.69, 9.17) is 5.11 Å². The zero-order chi connectivity index (χ0) is 13.1. The Bertz CT molecular complexity index is 434. The Kier molecular flexibility index (Phi) is 3.83.